The summed E-state index contributed by atoms with van der Waals surface area (Å²) in [6.45, 7) is 0. The molecule has 3 N–H and O–H groups in total. The molecule has 0 aromatic heterocycles. The number of rotatable bonds is 5. The van der Waals surface area contributed by atoms with Gasteiger partial charge in [0.05, 0.1) is 15.0 Å². The van der Waals surface area contributed by atoms with E-state index in [1.54, 1.807) is 36.0 Å². The van der Waals surface area contributed by atoms with Crippen molar-refractivity contribution in [1.82, 2.24) is 0 Å². The first-order chi connectivity index (χ1) is 10.0. The third kappa shape index (κ3) is 4.01. The van der Waals surface area contributed by atoms with Gasteiger partial charge in [0.15, 0.2) is 0 Å². The molecule has 0 amide bonds. The highest BCUT2D eigenvalue weighted by Crippen LogP contribution is 2.31. The number of hydrogen-bond acceptors (Lipinski definition) is 5. The smallest absolute Gasteiger partial charge is 0.293 e. The number of nitrogens with two attached hydrogens (primary N) is 1. The lowest BCUT2D eigenvalue weighted by Gasteiger charge is -2.06. The van der Waals surface area contributed by atoms with Gasteiger partial charge < -0.3 is 5.43 Å². The van der Waals surface area contributed by atoms with Crippen LogP contribution < -0.4 is 11.3 Å². The van der Waals surface area contributed by atoms with Crippen LogP contribution >= 0.6 is 35.0 Å². The van der Waals surface area contributed by atoms with E-state index in [1.165, 1.54) is 6.07 Å². The molecule has 2 rings (SSSR count). The van der Waals surface area contributed by atoms with Gasteiger partial charge in [-0.05, 0) is 29.8 Å². The standard InChI is InChI=1S/C13H11Cl2N3O2S/c14-10-3-2-9(6-11(10)15)21-7-8-1-4-13(18(19)20)12(5-8)17-16/h1-6,17H,7,16H2. The maximum absolute atomic E-state index is 10.8. The molecule has 0 aliphatic carbocycles. The van der Waals surface area contributed by atoms with E-state index in [2.05, 4.69) is 5.43 Å². The Bertz CT molecular complexity index is 682. The van der Waals surface area contributed by atoms with Gasteiger partial charge in [-0.25, -0.2) is 0 Å². The molecule has 0 atom stereocenters. The fraction of sp³-hybridized carbons (Fsp3) is 0.0769. The minimum Gasteiger partial charge on any atom is -0.318 e. The van der Waals surface area contributed by atoms with Crippen LogP contribution in [0, 0.1) is 10.1 Å². The van der Waals surface area contributed by atoms with Crippen LogP contribution in [-0.2, 0) is 5.75 Å². The first-order valence-corrected chi connectivity index (χ1v) is 7.57. The average molecular weight is 344 g/mol. The predicted octanol–water partition coefficient (Wildman–Crippen LogP) is 4.48. The second-order valence-corrected chi connectivity index (χ2v) is 5.98. The lowest BCUT2D eigenvalue weighted by Crippen LogP contribution is -2.09. The molecule has 8 heteroatoms. The summed E-state index contributed by atoms with van der Waals surface area (Å²) in [6, 6.07) is 10.2. The van der Waals surface area contributed by atoms with Gasteiger partial charge in [-0.3, -0.25) is 16.0 Å². The van der Waals surface area contributed by atoms with Gasteiger partial charge in [0.25, 0.3) is 5.69 Å². The Labute approximate surface area is 135 Å². The van der Waals surface area contributed by atoms with Crippen molar-refractivity contribution in [3.8, 4) is 0 Å². The van der Waals surface area contributed by atoms with Crippen LogP contribution in [0.1, 0.15) is 5.56 Å². The Morgan fingerprint density at radius 3 is 2.57 bits per heavy atom. The molecule has 21 heavy (non-hydrogen) atoms. The summed E-state index contributed by atoms with van der Waals surface area (Å²) in [5, 5.41) is 11.8. The second kappa shape index (κ2) is 7.00. The van der Waals surface area contributed by atoms with Crippen LogP contribution in [0.25, 0.3) is 0 Å². The van der Waals surface area contributed by atoms with Crippen LogP contribution in [0.2, 0.25) is 10.0 Å². The molecule has 0 bridgehead atoms. The number of nitrogens with zero attached hydrogens (tertiary/aromatic N) is 1. The van der Waals surface area contributed by atoms with Crippen molar-refractivity contribution in [3.63, 3.8) is 0 Å². The highest BCUT2D eigenvalue weighted by molar-refractivity contribution is 7.98. The molecule has 0 radical (unpaired) electrons. The van der Waals surface area contributed by atoms with Crippen molar-refractivity contribution in [2.75, 3.05) is 5.43 Å². The van der Waals surface area contributed by atoms with E-state index in [1.807, 2.05) is 6.07 Å². The summed E-state index contributed by atoms with van der Waals surface area (Å²) in [5.74, 6) is 5.94. The fourth-order valence-corrected chi connectivity index (χ4v) is 2.92. The summed E-state index contributed by atoms with van der Waals surface area (Å²) < 4.78 is 0. The van der Waals surface area contributed by atoms with E-state index in [4.69, 9.17) is 29.0 Å². The molecule has 0 aliphatic heterocycles. The number of nitro groups is 1. The average Bonchev–Trinajstić information content (AvgIpc) is 2.48. The molecule has 0 aliphatic rings. The Kier molecular flexibility index (Phi) is 5.30. The van der Waals surface area contributed by atoms with Crippen molar-refractivity contribution in [1.29, 1.82) is 0 Å². The highest BCUT2D eigenvalue weighted by Gasteiger charge is 2.13. The largest absolute Gasteiger partial charge is 0.318 e. The monoisotopic (exact) mass is 343 g/mol. The van der Waals surface area contributed by atoms with Crippen molar-refractivity contribution in [3.05, 3.63) is 62.1 Å². The number of nitrogens with one attached hydrogen (secondary N) is 1. The van der Waals surface area contributed by atoms with E-state index in [-0.39, 0.29) is 11.4 Å². The van der Waals surface area contributed by atoms with Crippen molar-refractivity contribution < 1.29 is 4.92 Å². The number of benzene rings is 2. The molecule has 5 nitrogen and oxygen atoms in total. The summed E-state index contributed by atoms with van der Waals surface area (Å²) in [5.41, 5.74) is 3.48. The van der Waals surface area contributed by atoms with Gasteiger partial charge in [-0.1, -0.05) is 29.3 Å². The van der Waals surface area contributed by atoms with Gasteiger partial charge in [0, 0.05) is 16.7 Å². The summed E-state index contributed by atoms with van der Waals surface area (Å²) >= 11 is 13.4. The number of hydrazine groups is 1. The SMILES string of the molecule is NNc1cc(CSc2ccc(Cl)c(Cl)c2)ccc1[N+](=O)[O-]. The van der Waals surface area contributed by atoms with E-state index in [0.29, 0.717) is 15.8 Å². The van der Waals surface area contributed by atoms with E-state index >= 15 is 0 Å². The van der Waals surface area contributed by atoms with Crippen molar-refractivity contribution in [2.45, 2.75) is 10.6 Å². The quantitative estimate of drug-likeness (QED) is 0.362. The molecule has 0 fully saturated rings. The first kappa shape index (κ1) is 15.9. The zero-order valence-electron chi connectivity index (χ0n) is 10.7. The number of anilines is 1. The molecule has 0 unspecified atom stereocenters. The molecule has 0 saturated carbocycles. The zero-order chi connectivity index (χ0) is 15.4. The van der Waals surface area contributed by atoms with E-state index in [0.717, 1.165) is 10.5 Å². The lowest BCUT2D eigenvalue weighted by atomic mass is 10.2. The van der Waals surface area contributed by atoms with Gasteiger partial charge in [0.2, 0.25) is 0 Å². The number of halogens is 2. The normalized spacial score (nSPS) is 10.4. The molecular weight excluding hydrogens is 333 g/mol. The van der Waals surface area contributed by atoms with Gasteiger partial charge in [-0.2, -0.15) is 0 Å². The maximum Gasteiger partial charge on any atom is 0.293 e. The molecule has 0 spiro atoms. The zero-order valence-corrected chi connectivity index (χ0v) is 13.0. The molecule has 110 valence electrons. The summed E-state index contributed by atoms with van der Waals surface area (Å²) in [4.78, 5) is 11.3. The third-order valence-electron chi connectivity index (χ3n) is 2.71. The van der Waals surface area contributed by atoms with Crippen LogP contribution in [0.4, 0.5) is 11.4 Å². The van der Waals surface area contributed by atoms with E-state index < -0.39 is 4.92 Å². The summed E-state index contributed by atoms with van der Waals surface area (Å²) in [7, 11) is 0. The maximum atomic E-state index is 10.8. The van der Waals surface area contributed by atoms with Gasteiger partial charge >= 0.3 is 0 Å². The highest BCUT2D eigenvalue weighted by atomic mass is 35.5. The molecule has 2 aromatic carbocycles. The Morgan fingerprint density at radius 1 is 1.19 bits per heavy atom. The third-order valence-corrected chi connectivity index (χ3v) is 4.51. The molecular formula is C13H11Cl2N3O2S. The topological polar surface area (TPSA) is 81.2 Å². The molecule has 0 saturated heterocycles. The van der Waals surface area contributed by atoms with Gasteiger partial charge in [-0.15, -0.1) is 11.8 Å². The van der Waals surface area contributed by atoms with Crippen LogP contribution in [0.15, 0.2) is 41.3 Å². The first-order valence-electron chi connectivity index (χ1n) is 5.83. The Hall–Kier alpha value is -1.47. The molecule has 0 heterocycles. The Balaban J connectivity index is 2.13. The van der Waals surface area contributed by atoms with Crippen LogP contribution in [-0.4, -0.2) is 4.92 Å². The van der Waals surface area contributed by atoms with Crippen molar-refractivity contribution in [2.24, 2.45) is 5.84 Å². The number of thioether (sulfide) groups is 1. The fourth-order valence-electron chi connectivity index (χ4n) is 1.68. The summed E-state index contributed by atoms with van der Waals surface area (Å²) in [6.07, 6.45) is 0. The van der Waals surface area contributed by atoms with Crippen LogP contribution in [0.3, 0.4) is 0 Å². The second-order valence-electron chi connectivity index (χ2n) is 4.12. The Morgan fingerprint density at radius 2 is 1.95 bits per heavy atom. The number of nitro benzene ring substituents is 1. The lowest BCUT2D eigenvalue weighted by molar-refractivity contribution is -0.384. The van der Waals surface area contributed by atoms with Crippen molar-refractivity contribution >= 4 is 46.3 Å². The van der Waals surface area contributed by atoms with Gasteiger partial charge in [0.1, 0.15) is 5.69 Å². The molecule has 2 aromatic rings. The minimum absolute atomic E-state index is 0.0548. The number of nitrogen functional groups attached to an aromatic ring is 1. The van der Waals surface area contributed by atoms with E-state index in [9.17, 15) is 10.1 Å². The number of hydrogen-bond donors (Lipinski definition) is 2. The van der Waals surface area contributed by atoms with Crippen LogP contribution in [0.5, 0.6) is 0 Å². The predicted molar refractivity (Wildman–Crippen MR) is 86.9 cm³/mol. The minimum atomic E-state index is -0.481.